The zero-order valence-corrected chi connectivity index (χ0v) is 15.5. The molecule has 0 bridgehead atoms. The predicted octanol–water partition coefficient (Wildman–Crippen LogP) is 2.98. The maximum Gasteiger partial charge on any atom is 0.227 e. The number of nitrogens with zero attached hydrogens (tertiary/aromatic N) is 4. The summed E-state index contributed by atoms with van der Waals surface area (Å²) in [5, 5.41) is 10.3. The van der Waals surface area contributed by atoms with Crippen molar-refractivity contribution in [2.45, 2.75) is 6.42 Å². The molecule has 0 spiro atoms. The van der Waals surface area contributed by atoms with Gasteiger partial charge in [-0.2, -0.15) is 10.1 Å². The number of rotatable bonds is 5. The third kappa shape index (κ3) is 4.04. The lowest BCUT2D eigenvalue weighted by Crippen LogP contribution is -2.27. The van der Waals surface area contributed by atoms with E-state index in [1.807, 2.05) is 0 Å². The number of ether oxygens (including phenoxy) is 2. The van der Waals surface area contributed by atoms with Crippen molar-refractivity contribution in [2.24, 2.45) is 0 Å². The molecule has 0 amide bonds. The first-order valence-corrected chi connectivity index (χ1v) is 9.05. The lowest BCUT2D eigenvalue weighted by atomic mass is 10.1. The first kappa shape index (κ1) is 18.2. The van der Waals surface area contributed by atoms with Crippen molar-refractivity contribution in [3.05, 3.63) is 42.3 Å². The number of anilines is 3. The summed E-state index contributed by atoms with van der Waals surface area (Å²) in [6, 6.07) is 8.33. The second-order valence-electron chi connectivity index (χ2n) is 6.34. The quantitative estimate of drug-likeness (QED) is 0.699. The summed E-state index contributed by atoms with van der Waals surface area (Å²) < 4.78 is 24.4. The lowest BCUT2D eigenvalue weighted by Gasteiger charge is -2.19. The number of methoxy groups -OCH3 is 1. The Bertz CT molecular complexity index is 940. The van der Waals surface area contributed by atoms with Gasteiger partial charge in [-0.1, -0.05) is 0 Å². The van der Waals surface area contributed by atoms with E-state index in [0.29, 0.717) is 35.4 Å². The van der Waals surface area contributed by atoms with Crippen LogP contribution in [0.2, 0.25) is 0 Å². The van der Waals surface area contributed by atoms with Crippen molar-refractivity contribution < 1.29 is 13.9 Å². The Kier molecular flexibility index (Phi) is 5.34. The van der Waals surface area contributed by atoms with E-state index in [-0.39, 0.29) is 5.75 Å². The Balaban J connectivity index is 1.49. The first-order chi connectivity index (χ1) is 13.7. The number of benzene rings is 1. The maximum absolute atomic E-state index is 13.9. The van der Waals surface area contributed by atoms with E-state index in [1.165, 1.54) is 13.2 Å². The fourth-order valence-corrected chi connectivity index (χ4v) is 3.02. The van der Waals surface area contributed by atoms with E-state index in [2.05, 4.69) is 30.4 Å². The van der Waals surface area contributed by atoms with Crippen molar-refractivity contribution in [1.82, 2.24) is 20.2 Å². The monoisotopic (exact) mass is 384 g/mol. The van der Waals surface area contributed by atoms with Gasteiger partial charge in [0.1, 0.15) is 5.82 Å². The molecule has 1 aliphatic heterocycles. The molecule has 4 rings (SSSR count). The molecule has 1 saturated heterocycles. The average Bonchev–Trinajstić information content (AvgIpc) is 3.00. The molecule has 146 valence electrons. The number of H-pyrrole nitrogens is 1. The van der Waals surface area contributed by atoms with E-state index >= 15 is 0 Å². The zero-order chi connectivity index (χ0) is 19.3. The SMILES string of the molecule is COc1ccc(-c2cc(Nc3ccnc(N4CCCOCC4)n3)n[nH]2)cc1F. The number of halogens is 1. The summed E-state index contributed by atoms with van der Waals surface area (Å²) in [4.78, 5) is 11.0. The van der Waals surface area contributed by atoms with Crippen LogP contribution in [-0.4, -0.2) is 53.6 Å². The molecule has 1 aliphatic rings. The maximum atomic E-state index is 13.9. The van der Waals surface area contributed by atoms with Gasteiger partial charge in [-0.15, -0.1) is 0 Å². The van der Waals surface area contributed by atoms with E-state index in [1.54, 1.807) is 30.5 Å². The van der Waals surface area contributed by atoms with Gasteiger partial charge in [0.15, 0.2) is 17.4 Å². The summed E-state index contributed by atoms with van der Waals surface area (Å²) in [6.45, 7) is 3.05. The Hall–Kier alpha value is -3.20. The number of aromatic nitrogens is 4. The van der Waals surface area contributed by atoms with Crippen LogP contribution in [0.5, 0.6) is 5.75 Å². The minimum atomic E-state index is -0.425. The fraction of sp³-hybridized carbons (Fsp3) is 0.316. The second kappa shape index (κ2) is 8.22. The zero-order valence-electron chi connectivity index (χ0n) is 15.5. The number of aromatic amines is 1. The van der Waals surface area contributed by atoms with Crippen LogP contribution in [0.3, 0.4) is 0 Å². The Morgan fingerprint density at radius 3 is 2.96 bits per heavy atom. The molecule has 0 radical (unpaired) electrons. The van der Waals surface area contributed by atoms with Gasteiger partial charge in [-0.25, -0.2) is 9.37 Å². The van der Waals surface area contributed by atoms with Crippen LogP contribution in [0.25, 0.3) is 11.3 Å². The molecule has 2 aromatic heterocycles. The predicted molar refractivity (Wildman–Crippen MR) is 103 cm³/mol. The van der Waals surface area contributed by atoms with Crippen LogP contribution in [0, 0.1) is 5.82 Å². The second-order valence-corrected chi connectivity index (χ2v) is 6.34. The Labute approximate surface area is 161 Å². The molecule has 0 unspecified atom stereocenters. The van der Waals surface area contributed by atoms with E-state index in [4.69, 9.17) is 9.47 Å². The summed E-state index contributed by atoms with van der Waals surface area (Å²) in [7, 11) is 1.44. The number of nitrogens with one attached hydrogen (secondary N) is 2. The molecule has 2 N–H and O–H groups in total. The minimum Gasteiger partial charge on any atom is -0.494 e. The summed E-state index contributed by atoms with van der Waals surface area (Å²) in [5.41, 5.74) is 1.36. The molecule has 3 heterocycles. The smallest absolute Gasteiger partial charge is 0.227 e. The molecule has 0 saturated carbocycles. The third-order valence-corrected chi connectivity index (χ3v) is 4.44. The van der Waals surface area contributed by atoms with Crippen LogP contribution in [0.15, 0.2) is 36.5 Å². The van der Waals surface area contributed by atoms with E-state index < -0.39 is 5.82 Å². The lowest BCUT2D eigenvalue weighted by molar-refractivity contribution is 0.152. The van der Waals surface area contributed by atoms with Gasteiger partial charge in [0.2, 0.25) is 5.95 Å². The fourth-order valence-electron chi connectivity index (χ4n) is 3.02. The van der Waals surface area contributed by atoms with Crippen molar-refractivity contribution in [3.8, 4) is 17.0 Å². The van der Waals surface area contributed by atoms with Gasteiger partial charge in [-0.05, 0) is 30.7 Å². The molecule has 8 nitrogen and oxygen atoms in total. The molecular weight excluding hydrogens is 363 g/mol. The highest BCUT2D eigenvalue weighted by atomic mass is 19.1. The highest BCUT2D eigenvalue weighted by molar-refractivity contribution is 5.66. The Morgan fingerprint density at radius 2 is 2.11 bits per heavy atom. The molecule has 3 aromatic rings. The van der Waals surface area contributed by atoms with Crippen LogP contribution in [-0.2, 0) is 4.74 Å². The van der Waals surface area contributed by atoms with Gasteiger partial charge in [0.25, 0.3) is 0 Å². The van der Waals surface area contributed by atoms with E-state index in [0.717, 1.165) is 26.1 Å². The highest BCUT2D eigenvalue weighted by Gasteiger charge is 2.14. The van der Waals surface area contributed by atoms with Gasteiger partial charge < -0.3 is 19.7 Å². The Morgan fingerprint density at radius 1 is 1.18 bits per heavy atom. The van der Waals surface area contributed by atoms with Gasteiger partial charge in [-0.3, -0.25) is 5.10 Å². The van der Waals surface area contributed by atoms with Crippen molar-refractivity contribution in [1.29, 1.82) is 0 Å². The summed E-state index contributed by atoms with van der Waals surface area (Å²) in [5.74, 6) is 1.65. The summed E-state index contributed by atoms with van der Waals surface area (Å²) >= 11 is 0. The molecule has 0 aliphatic carbocycles. The molecular formula is C19H21FN6O2. The normalized spacial score (nSPS) is 14.6. The number of hydrogen-bond donors (Lipinski definition) is 2. The minimum absolute atomic E-state index is 0.203. The third-order valence-electron chi connectivity index (χ3n) is 4.44. The van der Waals surface area contributed by atoms with Crippen LogP contribution >= 0.6 is 0 Å². The topological polar surface area (TPSA) is 88.2 Å². The van der Waals surface area contributed by atoms with Crippen LogP contribution in [0.1, 0.15) is 6.42 Å². The van der Waals surface area contributed by atoms with E-state index in [9.17, 15) is 4.39 Å². The standard InChI is InChI=1S/C19H21FN6O2/c1-27-16-4-3-13(11-14(16)20)15-12-18(25-24-15)22-17-5-6-21-19(23-17)26-7-2-9-28-10-8-26/h3-6,11-12H,2,7-10H2,1H3,(H2,21,22,23,24,25). The molecule has 0 atom stereocenters. The highest BCUT2D eigenvalue weighted by Crippen LogP contribution is 2.26. The first-order valence-electron chi connectivity index (χ1n) is 9.05. The van der Waals surface area contributed by atoms with Gasteiger partial charge in [0.05, 0.1) is 19.4 Å². The van der Waals surface area contributed by atoms with Crippen LogP contribution < -0.4 is 15.0 Å². The molecule has 1 fully saturated rings. The summed E-state index contributed by atoms with van der Waals surface area (Å²) in [6.07, 6.45) is 2.66. The van der Waals surface area contributed by atoms with Crippen LogP contribution in [0.4, 0.5) is 22.0 Å². The average molecular weight is 384 g/mol. The molecule has 28 heavy (non-hydrogen) atoms. The van der Waals surface area contributed by atoms with Crippen molar-refractivity contribution >= 4 is 17.6 Å². The van der Waals surface area contributed by atoms with Crippen molar-refractivity contribution in [2.75, 3.05) is 43.6 Å². The largest absolute Gasteiger partial charge is 0.494 e. The molecule has 1 aromatic carbocycles. The molecule has 9 heteroatoms. The van der Waals surface area contributed by atoms with Gasteiger partial charge in [0, 0.05) is 37.5 Å². The van der Waals surface area contributed by atoms with Crippen molar-refractivity contribution in [3.63, 3.8) is 0 Å². The van der Waals surface area contributed by atoms with Gasteiger partial charge >= 0.3 is 0 Å². The number of hydrogen-bond acceptors (Lipinski definition) is 7.